The Balaban J connectivity index is 4.58. The topological polar surface area (TPSA) is 85.2 Å². The zero-order chi connectivity index (χ0) is 9.78. The van der Waals surface area contributed by atoms with Crippen LogP contribution in [0, 0.1) is 0 Å². The van der Waals surface area contributed by atoms with Crippen molar-refractivity contribution in [3.8, 4) is 0 Å². The van der Waals surface area contributed by atoms with Gasteiger partial charge in [0.05, 0.1) is 0 Å². The molecule has 12 heavy (non-hydrogen) atoms. The van der Waals surface area contributed by atoms with Crippen molar-refractivity contribution in [1.29, 1.82) is 0 Å². The molecule has 0 heterocycles. The lowest BCUT2D eigenvalue weighted by Crippen LogP contribution is -2.52. The minimum Gasteiger partial charge on any atom is -0.479 e. The fourth-order valence-electron chi connectivity index (χ4n) is 0.736. The lowest BCUT2D eigenvalue weighted by Gasteiger charge is -2.32. The Morgan fingerprint density at radius 2 is 1.58 bits per heavy atom. The van der Waals surface area contributed by atoms with Crippen LogP contribution in [0.15, 0.2) is 0 Å². The van der Waals surface area contributed by atoms with Crippen LogP contribution < -0.4 is 0 Å². The van der Waals surface area contributed by atoms with Crippen LogP contribution in [0.1, 0.15) is 0 Å². The van der Waals surface area contributed by atoms with Crippen LogP contribution in [-0.4, -0.2) is 59.7 Å². The van der Waals surface area contributed by atoms with E-state index in [0.717, 1.165) is 0 Å². The van der Waals surface area contributed by atoms with Gasteiger partial charge >= 0.3 is 5.97 Å². The molecule has 0 radical (unpaired) electrons. The van der Waals surface area contributed by atoms with Gasteiger partial charge in [-0.3, -0.25) is 0 Å². The minimum atomic E-state index is -1.79. The van der Waals surface area contributed by atoms with E-state index in [9.17, 15) is 4.79 Å². The molecule has 2 N–H and O–H groups in total. The number of aliphatic hydroxyl groups excluding tert-OH is 1. The molecular weight excluding hydrogens is 216 g/mol. The number of aliphatic hydroxyl groups is 1. The van der Waals surface area contributed by atoms with E-state index in [1.54, 1.807) is 0 Å². The molecule has 0 spiro atoms. The summed E-state index contributed by atoms with van der Waals surface area (Å²) in [6.07, 6.45) is -1.79. The van der Waals surface area contributed by atoms with Gasteiger partial charge in [0.1, 0.15) is 0 Å². The predicted molar refractivity (Wildman–Crippen MR) is 49.4 cm³/mol. The van der Waals surface area contributed by atoms with Crippen LogP contribution in [-0.2, 0) is 18.1 Å². The largest absolute Gasteiger partial charge is 0.479 e. The van der Waals surface area contributed by atoms with Crippen molar-refractivity contribution in [2.24, 2.45) is 0 Å². The highest BCUT2D eigenvalue weighted by Gasteiger charge is 2.42. The Bertz CT molecular complexity index is 150. The summed E-state index contributed by atoms with van der Waals surface area (Å²) < 4.78 is 14.4. The summed E-state index contributed by atoms with van der Waals surface area (Å²) in [7, 11) is 0.691. The summed E-state index contributed by atoms with van der Waals surface area (Å²) in [5.41, 5.74) is 0. The van der Waals surface area contributed by atoms with Crippen molar-refractivity contribution in [2.45, 2.75) is 12.1 Å². The van der Waals surface area contributed by atoms with Gasteiger partial charge in [-0.2, -0.15) is 0 Å². The Morgan fingerprint density at radius 1 is 1.25 bits per heavy atom. The second kappa shape index (κ2) is 4.86. The van der Waals surface area contributed by atoms with Gasteiger partial charge in [-0.15, -0.1) is 0 Å². The van der Waals surface area contributed by atoms with Gasteiger partial charge in [0.15, 0.2) is 31.5 Å². The van der Waals surface area contributed by atoms with E-state index in [1.165, 1.54) is 0 Å². The second-order valence-electron chi connectivity index (χ2n) is 1.96. The number of hydrogen-bond acceptors (Lipinski definition) is 5. The van der Waals surface area contributed by atoms with Crippen LogP contribution in [0.4, 0.5) is 0 Å². The van der Waals surface area contributed by atoms with E-state index < -0.39 is 18.0 Å². The molecule has 0 bridgehead atoms. The first-order chi connectivity index (χ1) is 5.54. The third-order valence-corrected chi connectivity index (χ3v) is 3.13. The maximum Gasteiger partial charge on any atom is 0.341 e. The monoisotopic (exact) mass is 228 g/mol. The number of carboxylic acids is 1. The lowest BCUT2D eigenvalue weighted by atomic mass is 10.3. The summed E-state index contributed by atoms with van der Waals surface area (Å²) in [6, 6.07) is 0. The van der Waals surface area contributed by atoms with E-state index in [4.69, 9.17) is 23.5 Å². The van der Waals surface area contributed by atoms with Crippen LogP contribution in [0.2, 0.25) is 0 Å². The van der Waals surface area contributed by atoms with Crippen molar-refractivity contribution in [3.05, 3.63) is 0 Å². The van der Waals surface area contributed by atoms with Gasteiger partial charge in [0.2, 0.25) is 6.10 Å². The normalized spacial score (nSPS) is 19.1. The number of carboxylic acid groups (broad SMARTS) is 1. The number of rotatable bonds is 5. The number of carbonyl (C=O) groups is 1. The van der Waals surface area contributed by atoms with Crippen LogP contribution in [0.5, 0.6) is 0 Å². The highest BCUT2D eigenvalue weighted by atomic mass is 28.2. The first-order valence-electron chi connectivity index (χ1n) is 3.10. The molecule has 72 valence electrons. The average molecular weight is 228 g/mol. The predicted octanol–water partition coefficient (Wildman–Crippen LogP) is -5.02. The Kier molecular flexibility index (Phi) is 4.84. The van der Waals surface area contributed by atoms with Crippen LogP contribution in [0.25, 0.3) is 0 Å². The average Bonchev–Trinajstić information content (AvgIpc) is 2.08. The Labute approximate surface area is 78.4 Å². The van der Waals surface area contributed by atoms with Crippen molar-refractivity contribution in [2.75, 3.05) is 0 Å². The SMILES string of the molecule is O=C(O)C(O)C(O[SiH3])(O[SiH3])O[SiH3]. The zero-order valence-electron chi connectivity index (χ0n) is 7.10. The van der Waals surface area contributed by atoms with Crippen molar-refractivity contribution in [1.82, 2.24) is 0 Å². The lowest BCUT2D eigenvalue weighted by molar-refractivity contribution is -0.296. The molecule has 0 aliphatic rings. The van der Waals surface area contributed by atoms with E-state index >= 15 is 0 Å². The molecule has 0 aromatic heterocycles. The summed E-state index contributed by atoms with van der Waals surface area (Å²) in [6.45, 7) is 0. The van der Waals surface area contributed by atoms with Crippen molar-refractivity contribution in [3.63, 3.8) is 0 Å². The molecule has 1 atom stereocenters. The van der Waals surface area contributed by atoms with E-state index in [2.05, 4.69) is 0 Å². The smallest absolute Gasteiger partial charge is 0.341 e. The molecule has 0 aromatic carbocycles. The van der Waals surface area contributed by atoms with E-state index in [1.807, 2.05) is 0 Å². The molecule has 1 unspecified atom stereocenters. The summed E-state index contributed by atoms with van der Waals surface area (Å²) in [5, 5.41) is 17.6. The Hall–Kier alpha value is -0.0394. The highest BCUT2D eigenvalue weighted by Crippen LogP contribution is 2.16. The summed E-state index contributed by atoms with van der Waals surface area (Å²) in [5.74, 6) is -3.17. The first-order valence-corrected chi connectivity index (χ1v) is 5.55. The highest BCUT2D eigenvalue weighted by molar-refractivity contribution is 6.02. The van der Waals surface area contributed by atoms with Gasteiger partial charge in [-0.1, -0.05) is 0 Å². The summed E-state index contributed by atoms with van der Waals surface area (Å²) >= 11 is 0. The third-order valence-electron chi connectivity index (χ3n) is 1.42. The van der Waals surface area contributed by atoms with Gasteiger partial charge in [0.25, 0.3) is 5.97 Å². The first kappa shape index (κ1) is 12.0. The molecule has 0 aliphatic heterocycles. The molecule has 0 rings (SSSR count). The number of hydrogen-bond donors (Lipinski definition) is 2. The molecular formula is C3H12O6Si3. The molecule has 6 nitrogen and oxygen atoms in total. The maximum absolute atomic E-state index is 10.4. The maximum atomic E-state index is 10.4. The zero-order valence-corrected chi connectivity index (χ0v) is 13.1. The quantitative estimate of drug-likeness (QED) is 0.362. The third kappa shape index (κ3) is 2.22. The summed E-state index contributed by atoms with van der Waals surface area (Å²) in [4.78, 5) is 10.4. The molecule has 0 saturated carbocycles. The molecule has 0 aliphatic carbocycles. The van der Waals surface area contributed by atoms with Gasteiger partial charge in [-0.05, 0) is 0 Å². The molecule has 9 heteroatoms. The van der Waals surface area contributed by atoms with Gasteiger partial charge in [-0.25, -0.2) is 4.79 Å². The van der Waals surface area contributed by atoms with E-state index in [-0.39, 0.29) is 31.5 Å². The fraction of sp³-hybridized carbons (Fsp3) is 0.667. The Morgan fingerprint density at radius 3 is 1.67 bits per heavy atom. The van der Waals surface area contributed by atoms with Crippen molar-refractivity contribution < 1.29 is 28.3 Å². The van der Waals surface area contributed by atoms with Crippen LogP contribution >= 0.6 is 0 Å². The fourth-order valence-corrected chi connectivity index (χ4v) is 3.41. The minimum absolute atomic E-state index is 0.230. The van der Waals surface area contributed by atoms with Gasteiger partial charge in [0, 0.05) is 0 Å². The molecule has 0 aromatic rings. The molecule has 0 amide bonds. The van der Waals surface area contributed by atoms with E-state index in [0.29, 0.717) is 0 Å². The van der Waals surface area contributed by atoms with Crippen LogP contribution in [0.3, 0.4) is 0 Å². The molecule has 0 saturated heterocycles. The van der Waals surface area contributed by atoms with Gasteiger partial charge < -0.3 is 23.5 Å². The second-order valence-corrected chi connectivity index (χ2v) is 3.18. The number of aliphatic carboxylic acids is 1. The standard InChI is InChI=1S/C3H12O6Si3/c4-1(2(5)6)3(7-10,8-11)9-12/h1,4H,10-12H3,(H,5,6). The molecule has 0 fully saturated rings. The van der Waals surface area contributed by atoms with Crippen molar-refractivity contribution >= 4 is 37.4 Å².